The maximum Gasteiger partial charge on any atom is 0.240 e. The van der Waals surface area contributed by atoms with Crippen molar-refractivity contribution in [1.29, 1.82) is 0 Å². The molecule has 0 atom stereocenters. The first-order chi connectivity index (χ1) is 5.56. The number of sulfonamides is 1. The molecular formula is C7H7ClNO2S. The van der Waals surface area contributed by atoms with E-state index in [1.54, 1.807) is 0 Å². The van der Waals surface area contributed by atoms with Gasteiger partial charge in [0.1, 0.15) is 0 Å². The van der Waals surface area contributed by atoms with E-state index in [0.717, 1.165) is 0 Å². The predicted molar refractivity (Wildman–Crippen MR) is 46.5 cm³/mol. The molecule has 1 N–H and O–H groups in total. The molecule has 65 valence electrons. The molecule has 0 saturated heterocycles. The van der Waals surface area contributed by atoms with E-state index in [4.69, 9.17) is 11.6 Å². The van der Waals surface area contributed by atoms with Crippen LogP contribution in [0.25, 0.3) is 0 Å². The molecule has 0 aliphatic carbocycles. The van der Waals surface area contributed by atoms with E-state index in [-0.39, 0.29) is 4.90 Å². The molecule has 1 radical (unpaired) electrons. The minimum atomic E-state index is -3.35. The number of benzene rings is 1. The van der Waals surface area contributed by atoms with E-state index in [9.17, 15) is 8.42 Å². The summed E-state index contributed by atoms with van der Waals surface area (Å²) < 4.78 is 24.5. The summed E-state index contributed by atoms with van der Waals surface area (Å²) in [6.45, 7) is 0. The van der Waals surface area contributed by atoms with Gasteiger partial charge in [-0.15, -0.1) is 0 Å². The van der Waals surface area contributed by atoms with Gasteiger partial charge in [0.05, 0.1) is 4.90 Å². The number of hydrogen-bond acceptors (Lipinski definition) is 2. The van der Waals surface area contributed by atoms with E-state index >= 15 is 0 Å². The van der Waals surface area contributed by atoms with E-state index in [1.165, 1.54) is 25.2 Å². The van der Waals surface area contributed by atoms with Crippen LogP contribution in [-0.2, 0) is 10.0 Å². The number of nitrogens with one attached hydrogen (secondary N) is 1. The molecule has 0 aliphatic heterocycles. The summed E-state index contributed by atoms with van der Waals surface area (Å²) in [5.41, 5.74) is 0. The topological polar surface area (TPSA) is 46.2 Å². The summed E-state index contributed by atoms with van der Waals surface area (Å²) in [6.07, 6.45) is 0. The van der Waals surface area contributed by atoms with Crippen molar-refractivity contribution >= 4 is 21.6 Å². The van der Waals surface area contributed by atoms with Crippen LogP contribution in [0.5, 0.6) is 0 Å². The summed E-state index contributed by atoms with van der Waals surface area (Å²) in [5.74, 6) is 0. The van der Waals surface area contributed by atoms with Crippen LogP contribution in [-0.4, -0.2) is 15.5 Å². The number of hydrogen-bond donors (Lipinski definition) is 1. The van der Waals surface area contributed by atoms with Gasteiger partial charge in [-0.3, -0.25) is 0 Å². The molecule has 0 heterocycles. The molecule has 12 heavy (non-hydrogen) atoms. The quantitative estimate of drug-likeness (QED) is 0.783. The van der Waals surface area contributed by atoms with Gasteiger partial charge in [-0.25, -0.2) is 13.1 Å². The Morgan fingerprint density at radius 2 is 2.17 bits per heavy atom. The van der Waals surface area contributed by atoms with Gasteiger partial charge in [-0.05, 0) is 25.2 Å². The maximum atomic E-state index is 11.1. The Hall–Kier alpha value is -0.580. The molecule has 0 aromatic heterocycles. The summed E-state index contributed by atoms with van der Waals surface area (Å²) in [4.78, 5) is 0.161. The molecule has 0 spiro atoms. The Morgan fingerprint density at radius 3 is 2.58 bits per heavy atom. The first-order valence-corrected chi connectivity index (χ1v) is 5.03. The van der Waals surface area contributed by atoms with Crippen molar-refractivity contribution in [2.45, 2.75) is 4.90 Å². The van der Waals surface area contributed by atoms with Gasteiger partial charge in [-0.2, -0.15) is 0 Å². The van der Waals surface area contributed by atoms with E-state index in [2.05, 4.69) is 10.8 Å². The van der Waals surface area contributed by atoms with Crippen molar-refractivity contribution < 1.29 is 8.42 Å². The Morgan fingerprint density at radius 1 is 1.50 bits per heavy atom. The monoisotopic (exact) mass is 204 g/mol. The molecule has 0 aliphatic rings. The third-order valence-electron chi connectivity index (χ3n) is 1.33. The molecule has 0 fully saturated rings. The zero-order chi connectivity index (χ0) is 9.19. The van der Waals surface area contributed by atoms with Gasteiger partial charge in [-0.1, -0.05) is 11.6 Å². The van der Waals surface area contributed by atoms with Gasteiger partial charge in [0.2, 0.25) is 10.0 Å². The van der Waals surface area contributed by atoms with Crippen molar-refractivity contribution in [1.82, 2.24) is 4.72 Å². The van der Waals surface area contributed by atoms with Gasteiger partial charge in [0.15, 0.2) is 0 Å². The molecule has 0 amide bonds. The van der Waals surface area contributed by atoms with Crippen molar-refractivity contribution in [3.63, 3.8) is 0 Å². The third kappa shape index (κ3) is 1.97. The summed E-state index contributed by atoms with van der Waals surface area (Å²) in [5, 5.41) is 0.394. The largest absolute Gasteiger partial charge is 0.240 e. The van der Waals surface area contributed by atoms with E-state index < -0.39 is 10.0 Å². The SMILES string of the molecule is CNS(=O)(=O)c1c[c]c(Cl)cc1. The van der Waals surface area contributed by atoms with E-state index in [0.29, 0.717) is 5.02 Å². The lowest BCUT2D eigenvalue weighted by Gasteiger charge is -2.00. The Bertz CT molecular complexity index is 357. The highest BCUT2D eigenvalue weighted by Crippen LogP contribution is 2.12. The molecule has 0 saturated carbocycles. The van der Waals surface area contributed by atoms with Crippen LogP contribution < -0.4 is 4.72 Å². The number of rotatable bonds is 2. The van der Waals surface area contributed by atoms with Gasteiger partial charge < -0.3 is 0 Å². The first-order valence-electron chi connectivity index (χ1n) is 3.17. The normalized spacial score (nSPS) is 11.5. The van der Waals surface area contributed by atoms with Crippen LogP contribution in [0.1, 0.15) is 0 Å². The first kappa shape index (κ1) is 9.51. The average Bonchev–Trinajstić information content (AvgIpc) is 2.05. The van der Waals surface area contributed by atoms with Crippen LogP contribution in [0.4, 0.5) is 0 Å². The predicted octanol–water partition coefficient (Wildman–Crippen LogP) is 1.05. The molecule has 1 aromatic rings. The van der Waals surface area contributed by atoms with Crippen molar-refractivity contribution in [2.24, 2.45) is 0 Å². The van der Waals surface area contributed by atoms with Crippen LogP contribution >= 0.6 is 11.6 Å². The zero-order valence-corrected chi connectivity index (χ0v) is 7.91. The Kier molecular flexibility index (Phi) is 2.72. The molecule has 1 aromatic carbocycles. The van der Waals surface area contributed by atoms with Gasteiger partial charge in [0.25, 0.3) is 0 Å². The lowest BCUT2D eigenvalue weighted by atomic mass is 10.4. The smallest absolute Gasteiger partial charge is 0.214 e. The fraction of sp³-hybridized carbons (Fsp3) is 0.143. The fourth-order valence-corrected chi connectivity index (χ4v) is 1.49. The zero-order valence-electron chi connectivity index (χ0n) is 6.33. The Labute approximate surface area is 76.4 Å². The van der Waals surface area contributed by atoms with Crippen molar-refractivity contribution in [2.75, 3.05) is 7.05 Å². The minimum absolute atomic E-state index is 0.161. The highest BCUT2D eigenvalue weighted by atomic mass is 35.5. The summed E-state index contributed by atoms with van der Waals surface area (Å²) >= 11 is 5.53. The van der Waals surface area contributed by atoms with Crippen LogP contribution in [0.15, 0.2) is 23.1 Å². The van der Waals surface area contributed by atoms with Gasteiger partial charge in [0, 0.05) is 11.1 Å². The molecule has 0 unspecified atom stereocenters. The highest BCUT2D eigenvalue weighted by molar-refractivity contribution is 7.89. The third-order valence-corrected chi connectivity index (χ3v) is 2.97. The second kappa shape index (κ2) is 3.43. The lowest BCUT2D eigenvalue weighted by molar-refractivity contribution is 0.588. The second-order valence-corrected chi connectivity index (χ2v) is 4.37. The molecular weight excluding hydrogens is 198 g/mol. The van der Waals surface area contributed by atoms with Crippen LogP contribution in [0.3, 0.4) is 0 Å². The molecule has 3 nitrogen and oxygen atoms in total. The fourth-order valence-electron chi connectivity index (χ4n) is 0.677. The van der Waals surface area contributed by atoms with Gasteiger partial charge >= 0.3 is 0 Å². The standard InChI is InChI=1S/C7H7ClNO2S/c1-9-12(10,11)7-4-2-6(8)3-5-7/h2,4-5,9H,1H3. The molecule has 0 bridgehead atoms. The van der Waals surface area contributed by atoms with Crippen LogP contribution in [0.2, 0.25) is 5.02 Å². The second-order valence-electron chi connectivity index (χ2n) is 2.08. The summed E-state index contributed by atoms with van der Waals surface area (Å²) in [6, 6.07) is 6.81. The maximum absolute atomic E-state index is 11.1. The van der Waals surface area contributed by atoms with Crippen LogP contribution in [0, 0.1) is 6.07 Å². The highest BCUT2D eigenvalue weighted by Gasteiger charge is 2.09. The molecule has 1 rings (SSSR count). The van der Waals surface area contributed by atoms with E-state index in [1.807, 2.05) is 0 Å². The number of halogens is 1. The van der Waals surface area contributed by atoms with Crippen molar-refractivity contribution in [3.05, 3.63) is 29.3 Å². The van der Waals surface area contributed by atoms with Crippen molar-refractivity contribution in [3.8, 4) is 0 Å². The average molecular weight is 205 g/mol. The Balaban J connectivity index is 3.14. The minimum Gasteiger partial charge on any atom is -0.214 e. The summed E-state index contributed by atoms with van der Waals surface area (Å²) in [7, 11) is -2.00. The molecule has 5 heteroatoms. The lowest BCUT2D eigenvalue weighted by Crippen LogP contribution is -2.18.